The first-order valence-corrected chi connectivity index (χ1v) is 14.7. The van der Waals surface area contributed by atoms with Crippen LogP contribution in [0.15, 0.2) is 109 Å². The molecule has 0 aliphatic carbocycles. The van der Waals surface area contributed by atoms with Crippen LogP contribution >= 0.6 is 0 Å². The second kappa shape index (κ2) is 13.4. The van der Waals surface area contributed by atoms with E-state index in [1.807, 2.05) is 26.0 Å². The Hall–Kier alpha value is -5.57. The van der Waals surface area contributed by atoms with Crippen molar-refractivity contribution in [2.45, 2.75) is 32.4 Å². The highest BCUT2D eigenvalue weighted by molar-refractivity contribution is 6.24. The molecule has 4 aromatic carbocycles. The average molecular weight is 603 g/mol. The topological polar surface area (TPSA) is 107 Å². The predicted molar refractivity (Wildman–Crippen MR) is 172 cm³/mol. The Morgan fingerprint density at radius 1 is 0.733 bits per heavy atom. The maximum absolute atomic E-state index is 14.8. The molecule has 0 saturated heterocycles. The molecular weight excluding hydrogens is 568 g/mol. The zero-order valence-corrected chi connectivity index (χ0v) is 25.3. The first-order chi connectivity index (χ1) is 21.7. The Bertz CT molecular complexity index is 1700. The summed E-state index contributed by atoms with van der Waals surface area (Å²) in [5.74, 6) is -2.73. The Morgan fingerprint density at radius 3 is 1.87 bits per heavy atom. The molecule has 1 aliphatic rings. The molecule has 45 heavy (non-hydrogen) atoms. The summed E-state index contributed by atoms with van der Waals surface area (Å²) in [7, 11) is 1.60. The standard InChI is InChI=1S/C36H34N4O5/c1-24(2)37-33(42)29-20-12-13-21-30(29)39(23-32(41)38(3)26-16-8-5-9-17-26)36(45)31(22-25-14-6-4-7-15-25)40-34(43)27-18-10-11-19-28(27)35(40)44/h4-21,24,31H,22-23H2,1-3H3,(H,37,42). The molecule has 1 N–H and O–H groups in total. The van der Waals surface area contributed by atoms with Crippen LogP contribution in [0.3, 0.4) is 0 Å². The molecule has 5 amide bonds. The van der Waals surface area contributed by atoms with Crippen LogP contribution in [-0.4, -0.2) is 60.1 Å². The van der Waals surface area contributed by atoms with Crippen molar-refractivity contribution in [3.8, 4) is 0 Å². The third-order valence-corrected chi connectivity index (χ3v) is 7.63. The largest absolute Gasteiger partial charge is 0.350 e. The van der Waals surface area contributed by atoms with Gasteiger partial charge in [0, 0.05) is 25.2 Å². The van der Waals surface area contributed by atoms with E-state index in [1.165, 1.54) is 9.80 Å². The molecule has 0 fully saturated rings. The van der Waals surface area contributed by atoms with Crippen LogP contribution in [0.1, 0.15) is 50.5 Å². The number of para-hydroxylation sites is 2. The molecule has 0 aromatic heterocycles. The zero-order valence-electron chi connectivity index (χ0n) is 25.3. The molecule has 0 spiro atoms. The number of imide groups is 1. The van der Waals surface area contributed by atoms with Gasteiger partial charge in [0.1, 0.15) is 12.6 Å². The van der Waals surface area contributed by atoms with Crippen LogP contribution in [-0.2, 0) is 16.0 Å². The molecule has 9 heteroatoms. The molecule has 1 aliphatic heterocycles. The molecule has 1 unspecified atom stereocenters. The fourth-order valence-electron chi connectivity index (χ4n) is 5.36. The highest BCUT2D eigenvalue weighted by atomic mass is 16.2. The number of likely N-dealkylation sites (N-methyl/N-ethyl adjacent to an activating group) is 1. The van der Waals surface area contributed by atoms with E-state index in [4.69, 9.17) is 0 Å². The second-order valence-corrected chi connectivity index (χ2v) is 11.1. The van der Waals surface area contributed by atoms with Crippen molar-refractivity contribution >= 4 is 40.9 Å². The van der Waals surface area contributed by atoms with E-state index in [1.54, 1.807) is 104 Å². The van der Waals surface area contributed by atoms with Gasteiger partial charge in [0.05, 0.1) is 22.4 Å². The number of nitrogens with one attached hydrogen (secondary N) is 1. The SMILES string of the molecule is CC(C)NC(=O)c1ccccc1N(CC(=O)N(C)c1ccccc1)C(=O)C(Cc1ccccc1)N1C(=O)c2ccccc2C1=O. The normalized spacial score (nSPS) is 12.9. The number of carbonyl (C=O) groups excluding carboxylic acids is 5. The van der Waals surface area contributed by atoms with Gasteiger partial charge in [0.2, 0.25) is 5.91 Å². The number of amides is 5. The third-order valence-electron chi connectivity index (χ3n) is 7.63. The lowest BCUT2D eigenvalue weighted by Gasteiger charge is -2.33. The number of fused-ring (bicyclic) bond motifs is 1. The molecule has 0 radical (unpaired) electrons. The highest BCUT2D eigenvalue weighted by Gasteiger charge is 2.44. The minimum Gasteiger partial charge on any atom is -0.350 e. The summed E-state index contributed by atoms with van der Waals surface area (Å²) in [6.07, 6.45) is 0.00468. The van der Waals surface area contributed by atoms with Gasteiger partial charge in [-0.15, -0.1) is 0 Å². The van der Waals surface area contributed by atoms with Crippen LogP contribution in [0.2, 0.25) is 0 Å². The van der Waals surface area contributed by atoms with E-state index in [9.17, 15) is 24.0 Å². The van der Waals surface area contributed by atoms with Gasteiger partial charge in [-0.3, -0.25) is 28.9 Å². The molecule has 9 nitrogen and oxygen atoms in total. The first kappa shape index (κ1) is 30.9. The number of hydrogen-bond acceptors (Lipinski definition) is 5. The van der Waals surface area contributed by atoms with Gasteiger partial charge in [0.15, 0.2) is 0 Å². The molecule has 4 aromatic rings. The molecule has 228 valence electrons. The first-order valence-electron chi connectivity index (χ1n) is 14.7. The van der Waals surface area contributed by atoms with Gasteiger partial charge >= 0.3 is 0 Å². The number of hydrogen-bond donors (Lipinski definition) is 1. The predicted octanol–water partition coefficient (Wildman–Crippen LogP) is 4.73. The van der Waals surface area contributed by atoms with Crippen molar-refractivity contribution in [2.75, 3.05) is 23.4 Å². The maximum atomic E-state index is 14.8. The highest BCUT2D eigenvalue weighted by Crippen LogP contribution is 2.29. The monoisotopic (exact) mass is 602 g/mol. The molecular formula is C36H34N4O5. The van der Waals surface area contributed by atoms with E-state index in [0.29, 0.717) is 11.3 Å². The maximum Gasteiger partial charge on any atom is 0.262 e. The summed E-state index contributed by atoms with van der Waals surface area (Å²) in [6.45, 7) is 3.19. The van der Waals surface area contributed by atoms with E-state index >= 15 is 0 Å². The number of nitrogens with zero attached hydrogens (tertiary/aromatic N) is 3. The van der Waals surface area contributed by atoms with Crippen LogP contribution in [0, 0.1) is 0 Å². The van der Waals surface area contributed by atoms with Crippen molar-refractivity contribution in [1.29, 1.82) is 0 Å². The van der Waals surface area contributed by atoms with Gasteiger partial charge in [-0.1, -0.05) is 72.8 Å². The van der Waals surface area contributed by atoms with Crippen LogP contribution < -0.4 is 15.1 Å². The minimum atomic E-state index is -1.31. The van der Waals surface area contributed by atoms with Crippen molar-refractivity contribution in [3.63, 3.8) is 0 Å². The molecule has 0 bridgehead atoms. The van der Waals surface area contributed by atoms with Gasteiger partial charge in [-0.05, 0) is 55.8 Å². The van der Waals surface area contributed by atoms with Crippen molar-refractivity contribution in [1.82, 2.24) is 10.2 Å². The van der Waals surface area contributed by atoms with Gasteiger partial charge in [-0.2, -0.15) is 0 Å². The smallest absolute Gasteiger partial charge is 0.262 e. The van der Waals surface area contributed by atoms with Crippen molar-refractivity contribution in [2.24, 2.45) is 0 Å². The fraction of sp³-hybridized carbons (Fsp3) is 0.194. The lowest BCUT2D eigenvalue weighted by atomic mass is 10.0. The summed E-state index contributed by atoms with van der Waals surface area (Å²) in [5.41, 5.74) is 2.10. The van der Waals surface area contributed by atoms with Crippen LogP contribution in [0.5, 0.6) is 0 Å². The van der Waals surface area contributed by atoms with Crippen LogP contribution in [0.25, 0.3) is 0 Å². The van der Waals surface area contributed by atoms with Gasteiger partial charge in [0.25, 0.3) is 23.6 Å². The Labute approximate surface area is 262 Å². The lowest BCUT2D eigenvalue weighted by molar-refractivity contribution is -0.125. The molecule has 5 rings (SSSR count). The van der Waals surface area contributed by atoms with E-state index in [-0.39, 0.29) is 34.8 Å². The van der Waals surface area contributed by atoms with Gasteiger partial charge in [-0.25, -0.2) is 0 Å². The van der Waals surface area contributed by atoms with Crippen molar-refractivity contribution in [3.05, 3.63) is 131 Å². The zero-order chi connectivity index (χ0) is 32.1. The van der Waals surface area contributed by atoms with Gasteiger partial charge < -0.3 is 15.1 Å². The lowest BCUT2D eigenvalue weighted by Crippen LogP contribution is -2.54. The summed E-state index contributed by atoms with van der Waals surface area (Å²) in [5, 5.41) is 2.85. The molecule has 0 saturated carbocycles. The molecule has 1 atom stereocenters. The van der Waals surface area contributed by atoms with E-state index in [0.717, 1.165) is 4.90 Å². The Balaban J connectivity index is 1.61. The summed E-state index contributed by atoms with van der Waals surface area (Å²) in [6, 6.07) is 29.5. The fourth-order valence-corrected chi connectivity index (χ4v) is 5.36. The number of carbonyl (C=O) groups is 5. The van der Waals surface area contributed by atoms with Crippen molar-refractivity contribution < 1.29 is 24.0 Å². The quantitative estimate of drug-likeness (QED) is 0.264. The Morgan fingerprint density at radius 2 is 1.27 bits per heavy atom. The number of benzene rings is 4. The van der Waals surface area contributed by atoms with E-state index < -0.39 is 42.1 Å². The average Bonchev–Trinajstić information content (AvgIpc) is 3.31. The third kappa shape index (κ3) is 6.52. The van der Waals surface area contributed by atoms with Crippen LogP contribution in [0.4, 0.5) is 11.4 Å². The summed E-state index contributed by atoms with van der Waals surface area (Å²) in [4.78, 5) is 73.0. The summed E-state index contributed by atoms with van der Waals surface area (Å²) < 4.78 is 0. The number of rotatable bonds is 10. The molecule has 1 heterocycles. The van der Waals surface area contributed by atoms with E-state index in [2.05, 4.69) is 5.32 Å². The second-order valence-electron chi connectivity index (χ2n) is 11.1. The number of anilines is 2. The Kier molecular flexibility index (Phi) is 9.18. The minimum absolute atomic E-state index is 0.00468. The summed E-state index contributed by atoms with van der Waals surface area (Å²) >= 11 is 0.